The van der Waals surface area contributed by atoms with Crippen LogP contribution in [0.25, 0.3) is 0 Å². The van der Waals surface area contributed by atoms with Crippen molar-refractivity contribution in [2.45, 2.75) is 38.1 Å². The second kappa shape index (κ2) is 4.94. The van der Waals surface area contributed by atoms with Crippen molar-refractivity contribution in [3.63, 3.8) is 0 Å². The molecule has 17 heavy (non-hydrogen) atoms. The number of nitrogens with zero attached hydrogens (tertiary/aromatic N) is 1. The summed E-state index contributed by atoms with van der Waals surface area (Å²) in [4.78, 5) is 11.7. The average molecular weight is 260 g/mol. The Kier molecular flexibility index (Phi) is 3.73. The largest absolute Gasteiger partial charge is 0.353 e. The summed E-state index contributed by atoms with van der Waals surface area (Å²) in [6.07, 6.45) is 5.87. The monoisotopic (exact) mass is 260 g/mol. The summed E-state index contributed by atoms with van der Waals surface area (Å²) in [6.45, 7) is 1.04. The molecule has 0 bridgehead atoms. The minimum Gasteiger partial charge on any atom is -0.353 e. The van der Waals surface area contributed by atoms with E-state index in [4.69, 9.17) is 0 Å². The van der Waals surface area contributed by atoms with Crippen LogP contribution in [0, 0.1) is 5.92 Å². The molecule has 0 aromatic heterocycles. The van der Waals surface area contributed by atoms with Crippen LogP contribution in [0.15, 0.2) is 0 Å². The highest BCUT2D eigenvalue weighted by molar-refractivity contribution is 7.88. The molecule has 2 rings (SSSR count). The second-order valence-electron chi connectivity index (χ2n) is 5.07. The lowest BCUT2D eigenvalue weighted by atomic mass is 9.84. The van der Waals surface area contributed by atoms with Crippen LogP contribution >= 0.6 is 0 Å². The first-order valence-electron chi connectivity index (χ1n) is 6.22. The molecule has 0 atom stereocenters. The van der Waals surface area contributed by atoms with Crippen molar-refractivity contribution in [2.75, 3.05) is 19.3 Å². The molecule has 1 aliphatic heterocycles. The predicted molar refractivity (Wildman–Crippen MR) is 64.9 cm³/mol. The Hall–Kier alpha value is -0.620. The Labute approximate surface area is 103 Å². The van der Waals surface area contributed by atoms with Crippen molar-refractivity contribution in [1.82, 2.24) is 9.62 Å². The first-order valence-corrected chi connectivity index (χ1v) is 8.07. The third-order valence-corrected chi connectivity index (χ3v) is 5.05. The van der Waals surface area contributed by atoms with Gasteiger partial charge >= 0.3 is 0 Å². The highest BCUT2D eigenvalue weighted by atomic mass is 32.2. The van der Waals surface area contributed by atoms with E-state index in [1.165, 1.54) is 10.6 Å². The summed E-state index contributed by atoms with van der Waals surface area (Å²) in [5.41, 5.74) is 0. The lowest BCUT2D eigenvalue weighted by Gasteiger charge is -2.33. The number of amides is 1. The molecule has 1 aliphatic carbocycles. The zero-order valence-corrected chi connectivity index (χ0v) is 11.0. The predicted octanol–water partition coefficient (Wildman–Crippen LogP) is 0.327. The van der Waals surface area contributed by atoms with Gasteiger partial charge in [0.2, 0.25) is 15.9 Å². The average Bonchev–Trinajstić information content (AvgIpc) is 2.13. The van der Waals surface area contributed by atoms with Gasteiger partial charge in [-0.25, -0.2) is 12.7 Å². The summed E-state index contributed by atoms with van der Waals surface area (Å²) in [5.74, 6) is 0.372. The maximum Gasteiger partial charge on any atom is 0.223 e. The van der Waals surface area contributed by atoms with Gasteiger partial charge < -0.3 is 5.32 Å². The first kappa shape index (κ1) is 12.8. The van der Waals surface area contributed by atoms with Gasteiger partial charge in [0, 0.05) is 25.0 Å². The van der Waals surface area contributed by atoms with E-state index in [1.54, 1.807) is 0 Å². The van der Waals surface area contributed by atoms with Crippen LogP contribution < -0.4 is 5.32 Å². The smallest absolute Gasteiger partial charge is 0.223 e. The number of hydrogen-bond acceptors (Lipinski definition) is 3. The number of carbonyl (C=O) groups excluding carboxylic acids is 1. The standard InChI is InChI=1S/C11H20N2O3S/c1-17(15,16)13-7-5-10(6-8-13)12-11(14)9-3-2-4-9/h9-10H,2-8H2,1H3,(H,12,14). The van der Waals surface area contributed by atoms with E-state index in [0.29, 0.717) is 13.1 Å². The highest BCUT2D eigenvalue weighted by Gasteiger charge is 2.29. The molecule has 98 valence electrons. The van der Waals surface area contributed by atoms with Gasteiger partial charge in [-0.1, -0.05) is 6.42 Å². The summed E-state index contributed by atoms with van der Waals surface area (Å²) >= 11 is 0. The van der Waals surface area contributed by atoms with Gasteiger partial charge in [0.05, 0.1) is 6.26 Å². The Morgan fingerprint density at radius 2 is 1.76 bits per heavy atom. The zero-order valence-electron chi connectivity index (χ0n) is 10.2. The Morgan fingerprint density at radius 1 is 1.18 bits per heavy atom. The molecule has 0 unspecified atom stereocenters. The van der Waals surface area contributed by atoms with E-state index < -0.39 is 10.0 Å². The molecule has 1 N–H and O–H groups in total. The fourth-order valence-corrected chi connectivity index (χ4v) is 3.20. The van der Waals surface area contributed by atoms with Crippen molar-refractivity contribution in [3.8, 4) is 0 Å². The SMILES string of the molecule is CS(=O)(=O)N1CCC(NC(=O)C2CCC2)CC1. The van der Waals surface area contributed by atoms with Gasteiger partial charge in [-0.3, -0.25) is 4.79 Å². The van der Waals surface area contributed by atoms with Crippen LogP contribution in [0.2, 0.25) is 0 Å². The van der Waals surface area contributed by atoms with Crippen molar-refractivity contribution in [2.24, 2.45) is 5.92 Å². The van der Waals surface area contributed by atoms with Crippen LogP contribution in [0.4, 0.5) is 0 Å². The van der Waals surface area contributed by atoms with Crippen LogP contribution in [0.5, 0.6) is 0 Å². The fraction of sp³-hybridized carbons (Fsp3) is 0.909. The third-order valence-electron chi connectivity index (χ3n) is 3.75. The number of carbonyl (C=O) groups is 1. The van der Waals surface area contributed by atoms with Crippen LogP contribution in [0.1, 0.15) is 32.1 Å². The van der Waals surface area contributed by atoms with E-state index in [9.17, 15) is 13.2 Å². The minimum atomic E-state index is -3.07. The van der Waals surface area contributed by atoms with E-state index in [2.05, 4.69) is 5.32 Å². The molecule has 0 aromatic carbocycles. The molecule has 1 amide bonds. The summed E-state index contributed by atoms with van der Waals surface area (Å²) in [6, 6.07) is 0.154. The molecule has 2 aliphatic rings. The molecular weight excluding hydrogens is 240 g/mol. The Bertz CT molecular complexity index is 382. The minimum absolute atomic E-state index is 0.154. The quantitative estimate of drug-likeness (QED) is 0.795. The summed E-state index contributed by atoms with van der Waals surface area (Å²) < 4.78 is 24.1. The van der Waals surface area contributed by atoms with E-state index in [0.717, 1.165) is 32.1 Å². The molecule has 1 saturated carbocycles. The van der Waals surface area contributed by atoms with Gasteiger partial charge in [0.1, 0.15) is 0 Å². The number of rotatable bonds is 3. The topological polar surface area (TPSA) is 66.5 Å². The van der Waals surface area contributed by atoms with Crippen molar-refractivity contribution < 1.29 is 13.2 Å². The molecule has 0 spiro atoms. The number of hydrogen-bond donors (Lipinski definition) is 1. The van der Waals surface area contributed by atoms with E-state index in [1.807, 2.05) is 0 Å². The van der Waals surface area contributed by atoms with Gasteiger partial charge in [-0.15, -0.1) is 0 Å². The lowest BCUT2D eigenvalue weighted by Crippen LogP contribution is -2.48. The molecule has 0 aromatic rings. The zero-order chi connectivity index (χ0) is 12.5. The van der Waals surface area contributed by atoms with Crippen LogP contribution in [-0.2, 0) is 14.8 Å². The van der Waals surface area contributed by atoms with Crippen LogP contribution in [-0.4, -0.2) is 44.0 Å². The number of sulfonamides is 1. The van der Waals surface area contributed by atoms with E-state index in [-0.39, 0.29) is 17.9 Å². The van der Waals surface area contributed by atoms with E-state index >= 15 is 0 Å². The number of nitrogens with one attached hydrogen (secondary N) is 1. The van der Waals surface area contributed by atoms with Gasteiger partial charge in [-0.05, 0) is 25.7 Å². The van der Waals surface area contributed by atoms with Crippen molar-refractivity contribution in [1.29, 1.82) is 0 Å². The van der Waals surface area contributed by atoms with Crippen LogP contribution in [0.3, 0.4) is 0 Å². The molecular formula is C11H20N2O3S. The molecule has 6 heteroatoms. The van der Waals surface area contributed by atoms with Gasteiger partial charge in [0.25, 0.3) is 0 Å². The normalized spacial score (nSPS) is 24.3. The molecule has 5 nitrogen and oxygen atoms in total. The fourth-order valence-electron chi connectivity index (χ4n) is 2.32. The molecule has 1 saturated heterocycles. The highest BCUT2D eigenvalue weighted by Crippen LogP contribution is 2.26. The van der Waals surface area contributed by atoms with Gasteiger partial charge in [0.15, 0.2) is 0 Å². The maximum absolute atomic E-state index is 11.7. The van der Waals surface area contributed by atoms with Crippen molar-refractivity contribution >= 4 is 15.9 Å². The Balaban J connectivity index is 1.77. The van der Waals surface area contributed by atoms with Gasteiger partial charge in [-0.2, -0.15) is 0 Å². The summed E-state index contributed by atoms with van der Waals surface area (Å²) in [7, 11) is -3.07. The number of piperidine rings is 1. The third kappa shape index (κ3) is 3.19. The molecule has 1 heterocycles. The lowest BCUT2D eigenvalue weighted by molar-refractivity contribution is -0.128. The maximum atomic E-state index is 11.7. The Morgan fingerprint density at radius 3 is 2.18 bits per heavy atom. The van der Waals surface area contributed by atoms with Crippen molar-refractivity contribution in [3.05, 3.63) is 0 Å². The molecule has 0 radical (unpaired) electrons. The molecule has 2 fully saturated rings. The first-order chi connectivity index (χ1) is 7.97. The summed E-state index contributed by atoms with van der Waals surface area (Å²) in [5, 5.41) is 3.03. The second-order valence-corrected chi connectivity index (χ2v) is 7.06.